The number of ether oxygens (including phenoxy) is 1. The van der Waals surface area contributed by atoms with Crippen molar-refractivity contribution in [3.8, 4) is 0 Å². The highest BCUT2D eigenvalue weighted by molar-refractivity contribution is 5.83. The highest BCUT2D eigenvalue weighted by Gasteiger charge is 2.64. The van der Waals surface area contributed by atoms with Gasteiger partial charge in [-0.3, -0.25) is 9.59 Å². The number of esters is 1. The van der Waals surface area contributed by atoms with Crippen LogP contribution >= 0.6 is 0 Å². The molecule has 0 aromatic heterocycles. The van der Waals surface area contributed by atoms with Gasteiger partial charge < -0.3 is 20.1 Å². The van der Waals surface area contributed by atoms with Crippen LogP contribution < -0.4 is 0 Å². The number of Topliss-reactive ketones (excluding diaryl/α,β-unsaturated/α-hetero) is 1. The van der Waals surface area contributed by atoms with Crippen molar-refractivity contribution in [2.24, 2.45) is 58.2 Å². The molecular weight excluding hydrogens is 624 g/mol. The first-order valence-corrected chi connectivity index (χ1v) is 21.5. The molecule has 4 fully saturated rings. The van der Waals surface area contributed by atoms with Crippen LogP contribution in [-0.4, -0.2) is 51.5 Å². The second kappa shape index (κ2) is 18.9. The maximum Gasteiger partial charge on any atom is 0.306 e. The summed E-state index contributed by atoms with van der Waals surface area (Å²) in [6.07, 6.45) is 19.7. The second-order valence-electron chi connectivity index (χ2n) is 18.8. The molecule has 4 aliphatic rings. The largest absolute Gasteiger partial charge is 0.460 e. The first-order chi connectivity index (χ1) is 23.8. The lowest BCUT2D eigenvalue weighted by Gasteiger charge is -2.61. The summed E-state index contributed by atoms with van der Waals surface area (Å²) in [7, 11) is 0. The third-order valence-electron chi connectivity index (χ3n) is 15.4. The molecule has 0 spiro atoms. The zero-order chi connectivity index (χ0) is 36.6. The fourth-order valence-corrected chi connectivity index (χ4v) is 11.9. The van der Waals surface area contributed by atoms with Gasteiger partial charge in [-0.2, -0.15) is 0 Å². The fourth-order valence-electron chi connectivity index (χ4n) is 11.9. The van der Waals surface area contributed by atoms with Gasteiger partial charge in [-0.15, -0.1) is 0 Å². The molecule has 6 nitrogen and oxygen atoms in total. The quantitative estimate of drug-likeness (QED) is 0.0862. The van der Waals surface area contributed by atoms with Crippen molar-refractivity contribution in [3.05, 3.63) is 0 Å². The predicted octanol–water partition coefficient (Wildman–Crippen LogP) is 9.84. The molecule has 0 unspecified atom stereocenters. The van der Waals surface area contributed by atoms with Crippen molar-refractivity contribution >= 4 is 11.8 Å². The number of unbranched alkanes of at least 4 members (excludes halogenated alkanes) is 12. The summed E-state index contributed by atoms with van der Waals surface area (Å²) in [6, 6.07) is 0. The molecule has 0 saturated heterocycles. The smallest absolute Gasteiger partial charge is 0.306 e. The van der Waals surface area contributed by atoms with Crippen LogP contribution in [0.3, 0.4) is 0 Å². The molecule has 0 amide bonds. The highest BCUT2D eigenvalue weighted by atomic mass is 16.6. The monoisotopic (exact) mass is 703 g/mol. The van der Waals surface area contributed by atoms with Gasteiger partial charge >= 0.3 is 5.97 Å². The van der Waals surface area contributed by atoms with Gasteiger partial charge in [-0.05, 0) is 97.2 Å². The van der Waals surface area contributed by atoms with Gasteiger partial charge in [0.1, 0.15) is 11.9 Å². The molecule has 290 valence electrons. The lowest BCUT2D eigenvalue weighted by Crippen LogP contribution is -2.60. The van der Waals surface area contributed by atoms with E-state index in [1.54, 1.807) is 0 Å². The Balaban J connectivity index is 1.23. The standard InChI is InChI=1S/C44H78O6/c1-8-9-10-11-12-13-14-15-16-17-18-19-20-21-40(47)50-39-27-36-37(45)26-32-34-23-22-33(31(5)42(49)41(48)30(4)29(2)3)43(34,6)25-24-35(32)44(36,7)28-38(39)46/h29-36,38-39,41-42,46,48-49H,8-28H2,1-7H3/t30-,31+,32+,33-,34+,35+,36-,38-,39-,41-,42-,43-,44-/m1/s1. The minimum atomic E-state index is -0.752. The number of hydrogen-bond donors (Lipinski definition) is 3. The van der Waals surface area contributed by atoms with Crippen molar-refractivity contribution in [1.82, 2.24) is 0 Å². The second-order valence-corrected chi connectivity index (χ2v) is 18.8. The maximum atomic E-state index is 14.0. The summed E-state index contributed by atoms with van der Waals surface area (Å²) < 4.78 is 5.90. The summed E-state index contributed by atoms with van der Waals surface area (Å²) in [5.41, 5.74) is -0.254. The van der Waals surface area contributed by atoms with Gasteiger partial charge in [0.15, 0.2) is 0 Å². The maximum absolute atomic E-state index is 14.0. The minimum absolute atomic E-state index is 0.00737. The van der Waals surface area contributed by atoms with Crippen molar-refractivity contribution in [2.75, 3.05) is 0 Å². The Labute approximate surface area is 306 Å². The number of hydrogen-bond acceptors (Lipinski definition) is 6. The molecule has 4 rings (SSSR count). The predicted molar refractivity (Wildman–Crippen MR) is 202 cm³/mol. The van der Waals surface area contributed by atoms with Crippen LogP contribution in [0.2, 0.25) is 0 Å². The van der Waals surface area contributed by atoms with E-state index in [0.717, 1.165) is 44.9 Å². The third kappa shape index (κ3) is 9.57. The van der Waals surface area contributed by atoms with E-state index in [9.17, 15) is 24.9 Å². The number of aliphatic hydroxyl groups excluding tert-OH is 3. The fraction of sp³-hybridized carbons (Fsp3) is 0.955. The van der Waals surface area contributed by atoms with Crippen LogP contribution in [0.5, 0.6) is 0 Å². The molecule has 6 heteroatoms. The zero-order valence-corrected chi connectivity index (χ0v) is 33.3. The summed E-state index contributed by atoms with van der Waals surface area (Å²) in [6.45, 7) is 15.3. The summed E-state index contributed by atoms with van der Waals surface area (Å²) in [5, 5.41) is 33.8. The number of fused-ring (bicyclic) bond motifs is 5. The number of rotatable bonds is 20. The molecule has 4 saturated carbocycles. The van der Waals surface area contributed by atoms with Gasteiger partial charge in [0.25, 0.3) is 0 Å². The van der Waals surface area contributed by atoms with Crippen LogP contribution in [0.4, 0.5) is 0 Å². The first-order valence-electron chi connectivity index (χ1n) is 21.5. The Kier molecular flexibility index (Phi) is 15.8. The van der Waals surface area contributed by atoms with Gasteiger partial charge in [0.2, 0.25) is 0 Å². The molecule has 0 heterocycles. The first kappa shape index (κ1) is 41.8. The lowest BCUT2D eigenvalue weighted by molar-refractivity contribution is -0.187. The highest BCUT2D eigenvalue weighted by Crippen LogP contribution is 2.68. The minimum Gasteiger partial charge on any atom is -0.460 e. The molecule has 0 bridgehead atoms. The molecule has 0 radical (unpaired) electrons. The average molecular weight is 703 g/mol. The number of carbonyl (C=O) groups is 2. The molecular formula is C44H78O6. The Hall–Kier alpha value is -0.980. The Morgan fingerprint density at radius 1 is 0.800 bits per heavy atom. The molecule has 3 N–H and O–H groups in total. The Bertz CT molecular complexity index is 1060. The van der Waals surface area contributed by atoms with Crippen LogP contribution in [0, 0.1) is 58.2 Å². The van der Waals surface area contributed by atoms with Crippen molar-refractivity contribution in [3.63, 3.8) is 0 Å². The van der Waals surface area contributed by atoms with Crippen LogP contribution in [0.25, 0.3) is 0 Å². The van der Waals surface area contributed by atoms with E-state index in [1.165, 1.54) is 64.2 Å². The summed E-state index contributed by atoms with van der Waals surface area (Å²) in [5.74, 6) is 1.60. The SMILES string of the molecule is CCCCCCCCCCCCCCCC(=O)O[C@@H]1C[C@@H]2C(=O)C[C@@H]3[C@H](CC[C@]4(C)[C@@H]([C@H](C)[C@@H](O)[C@H](O)[C@H](C)C(C)C)CC[C@@H]34)[C@@]2(C)C[C@H]1O. The molecule has 0 aromatic rings. The van der Waals surface area contributed by atoms with Crippen molar-refractivity contribution in [2.45, 2.75) is 208 Å². The summed E-state index contributed by atoms with van der Waals surface area (Å²) >= 11 is 0. The Morgan fingerprint density at radius 3 is 1.94 bits per heavy atom. The zero-order valence-electron chi connectivity index (χ0n) is 33.3. The van der Waals surface area contributed by atoms with E-state index < -0.39 is 24.4 Å². The van der Waals surface area contributed by atoms with E-state index in [2.05, 4.69) is 41.5 Å². The van der Waals surface area contributed by atoms with E-state index in [4.69, 9.17) is 4.74 Å². The number of carbonyl (C=O) groups excluding carboxylic acids is 2. The van der Waals surface area contributed by atoms with Crippen LogP contribution in [0.15, 0.2) is 0 Å². The van der Waals surface area contributed by atoms with E-state index in [1.807, 2.05) is 6.92 Å². The van der Waals surface area contributed by atoms with Gasteiger partial charge in [0.05, 0.1) is 18.3 Å². The van der Waals surface area contributed by atoms with Gasteiger partial charge in [0, 0.05) is 18.8 Å². The normalized spacial score (nSPS) is 36.3. The van der Waals surface area contributed by atoms with Crippen LogP contribution in [-0.2, 0) is 14.3 Å². The molecule has 13 atom stereocenters. The van der Waals surface area contributed by atoms with Crippen molar-refractivity contribution < 1.29 is 29.6 Å². The average Bonchev–Trinajstić information content (AvgIpc) is 3.43. The number of ketones is 1. The number of aliphatic hydroxyl groups is 3. The molecule has 4 aliphatic carbocycles. The lowest BCUT2D eigenvalue weighted by atomic mass is 9.43. The molecule has 0 aromatic carbocycles. The van der Waals surface area contributed by atoms with Gasteiger partial charge in [-0.1, -0.05) is 126 Å². The van der Waals surface area contributed by atoms with Gasteiger partial charge in [-0.25, -0.2) is 0 Å². The van der Waals surface area contributed by atoms with E-state index in [-0.39, 0.29) is 34.6 Å². The third-order valence-corrected chi connectivity index (χ3v) is 15.4. The summed E-state index contributed by atoms with van der Waals surface area (Å²) in [4.78, 5) is 26.8. The van der Waals surface area contributed by atoms with Crippen molar-refractivity contribution in [1.29, 1.82) is 0 Å². The molecule has 0 aliphatic heterocycles. The van der Waals surface area contributed by atoms with E-state index in [0.29, 0.717) is 61.1 Å². The topological polar surface area (TPSA) is 104 Å². The van der Waals surface area contributed by atoms with Crippen LogP contribution in [0.1, 0.15) is 183 Å². The molecule has 50 heavy (non-hydrogen) atoms. The Morgan fingerprint density at radius 2 is 1.36 bits per heavy atom. The van der Waals surface area contributed by atoms with E-state index >= 15 is 0 Å².